The number of esters is 1. The van der Waals surface area contributed by atoms with Gasteiger partial charge in [-0.15, -0.1) is 0 Å². The third kappa shape index (κ3) is 4.96. The Labute approximate surface area is 140 Å². The first-order valence-corrected chi connectivity index (χ1v) is 8.56. The molecule has 1 aliphatic heterocycles. The molecule has 1 aromatic carbocycles. The Kier molecular flexibility index (Phi) is 5.69. The van der Waals surface area contributed by atoms with Gasteiger partial charge in [0.1, 0.15) is 0 Å². The van der Waals surface area contributed by atoms with E-state index in [4.69, 9.17) is 10.5 Å². The summed E-state index contributed by atoms with van der Waals surface area (Å²) in [6, 6.07) is 8.82. The molecule has 1 aliphatic rings. The van der Waals surface area contributed by atoms with Crippen molar-refractivity contribution < 1.29 is 9.53 Å². The molecule has 1 aromatic rings. The summed E-state index contributed by atoms with van der Waals surface area (Å²) in [5.74, 6) is 0.148. The highest BCUT2D eigenvalue weighted by Crippen LogP contribution is 2.28. The zero-order chi connectivity index (χ0) is 17.0. The molecule has 2 atom stereocenters. The van der Waals surface area contributed by atoms with E-state index in [1.165, 1.54) is 11.3 Å². The minimum absolute atomic E-state index is 0.102. The van der Waals surface area contributed by atoms with Crippen molar-refractivity contribution in [1.29, 1.82) is 0 Å². The fourth-order valence-corrected chi connectivity index (χ4v) is 3.23. The molecule has 1 heterocycles. The Morgan fingerprint density at radius 1 is 1.26 bits per heavy atom. The predicted octanol–water partition coefficient (Wildman–Crippen LogP) is 3.09. The number of hydrogen-bond acceptors (Lipinski definition) is 4. The molecule has 2 unspecified atom stereocenters. The first-order valence-electron chi connectivity index (χ1n) is 8.56. The van der Waals surface area contributed by atoms with E-state index >= 15 is 0 Å². The van der Waals surface area contributed by atoms with E-state index < -0.39 is 0 Å². The Bertz CT molecular complexity index is 519. The molecule has 0 amide bonds. The molecular weight excluding hydrogens is 288 g/mol. The van der Waals surface area contributed by atoms with Crippen molar-refractivity contribution in [3.05, 3.63) is 29.8 Å². The van der Waals surface area contributed by atoms with E-state index in [9.17, 15) is 4.79 Å². The van der Waals surface area contributed by atoms with Crippen LogP contribution in [0.5, 0.6) is 0 Å². The normalized spacial score (nSPS) is 22.0. The van der Waals surface area contributed by atoms with Crippen LogP contribution in [0.2, 0.25) is 0 Å². The summed E-state index contributed by atoms with van der Waals surface area (Å²) in [6.45, 7) is 10.6. The lowest BCUT2D eigenvalue weighted by atomic mass is 9.86. The SMILES string of the molecule is CCOC(=O)CC1CC(N)CN(c2ccc(C(C)(C)C)cc2)C1. The minimum atomic E-state index is -0.116. The Morgan fingerprint density at radius 3 is 2.48 bits per heavy atom. The van der Waals surface area contributed by atoms with Gasteiger partial charge in [-0.3, -0.25) is 4.79 Å². The number of benzene rings is 1. The fourth-order valence-electron chi connectivity index (χ4n) is 3.23. The number of nitrogens with two attached hydrogens (primary N) is 1. The van der Waals surface area contributed by atoms with E-state index in [1.54, 1.807) is 0 Å². The predicted molar refractivity (Wildman–Crippen MR) is 94.7 cm³/mol. The number of carbonyl (C=O) groups is 1. The standard InChI is InChI=1S/C19H30N2O2/c1-5-23-18(22)11-14-10-16(20)13-21(12-14)17-8-6-15(7-9-17)19(2,3)4/h6-9,14,16H,5,10-13,20H2,1-4H3. The topological polar surface area (TPSA) is 55.6 Å². The van der Waals surface area contributed by atoms with E-state index in [0.29, 0.717) is 13.0 Å². The van der Waals surface area contributed by atoms with Crippen molar-refractivity contribution >= 4 is 11.7 Å². The molecule has 1 fully saturated rings. The van der Waals surface area contributed by atoms with Crippen LogP contribution >= 0.6 is 0 Å². The number of anilines is 1. The molecule has 1 saturated heterocycles. The van der Waals surface area contributed by atoms with Gasteiger partial charge < -0.3 is 15.4 Å². The van der Waals surface area contributed by atoms with E-state index in [0.717, 1.165) is 19.5 Å². The summed E-state index contributed by atoms with van der Waals surface area (Å²) in [4.78, 5) is 14.0. The maximum atomic E-state index is 11.7. The summed E-state index contributed by atoms with van der Waals surface area (Å²) in [6.07, 6.45) is 1.34. The number of hydrogen-bond donors (Lipinski definition) is 1. The number of nitrogens with zero attached hydrogens (tertiary/aromatic N) is 1. The highest BCUT2D eigenvalue weighted by molar-refractivity contribution is 5.69. The highest BCUT2D eigenvalue weighted by Gasteiger charge is 2.27. The molecule has 128 valence electrons. The summed E-state index contributed by atoms with van der Waals surface area (Å²) >= 11 is 0. The zero-order valence-corrected chi connectivity index (χ0v) is 14.8. The van der Waals surface area contributed by atoms with Gasteiger partial charge in [0, 0.05) is 24.8 Å². The van der Waals surface area contributed by atoms with Gasteiger partial charge >= 0.3 is 5.97 Å². The van der Waals surface area contributed by atoms with Crippen LogP contribution in [0.15, 0.2) is 24.3 Å². The average molecular weight is 318 g/mol. The van der Waals surface area contributed by atoms with E-state index in [2.05, 4.69) is 49.9 Å². The molecule has 0 radical (unpaired) electrons. The van der Waals surface area contributed by atoms with E-state index in [1.807, 2.05) is 6.92 Å². The smallest absolute Gasteiger partial charge is 0.306 e. The Hall–Kier alpha value is -1.55. The van der Waals surface area contributed by atoms with Crippen LogP contribution < -0.4 is 10.6 Å². The molecule has 0 bridgehead atoms. The molecule has 23 heavy (non-hydrogen) atoms. The van der Waals surface area contributed by atoms with Crippen molar-refractivity contribution in [3.63, 3.8) is 0 Å². The maximum Gasteiger partial charge on any atom is 0.306 e. The third-order valence-corrected chi connectivity index (χ3v) is 4.43. The van der Waals surface area contributed by atoms with Crippen molar-refractivity contribution in [2.24, 2.45) is 11.7 Å². The summed E-state index contributed by atoms with van der Waals surface area (Å²) in [5.41, 5.74) is 8.87. The number of rotatable bonds is 4. The molecule has 0 spiro atoms. The lowest BCUT2D eigenvalue weighted by Crippen LogP contribution is -2.47. The quantitative estimate of drug-likeness (QED) is 0.867. The zero-order valence-electron chi connectivity index (χ0n) is 14.8. The fraction of sp³-hybridized carbons (Fsp3) is 0.632. The van der Waals surface area contributed by atoms with Gasteiger partial charge in [0.2, 0.25) is 0 Å². The second kappa shape index (κ2) is 7.35. The van der Waals surface area contributed by atoms with Gasteiger partial charge in [-0.1, -0.05) is 32.9 Å². The van der Waals surface area contributed by atoms with Crippen molar-refractivity contribution in [3.8, 4) is 0 Å². The second-order valence-electron chi connectivity index (χ2n) is 7.57. The van der Waals surface area contributed by atoms with Crippen LogP contribution in [0.25, 0.3) is 0 Å². The number of piperidine rings is 1. The molecular formula is C19H30N2O2. The van der Waals surface area contributed by atoms with Crippen LogP contribution in [0, 0.1) is 5.92 Å². The first kappa shape index (κ1) is 17.8. The average Bonchev–Trinajstić information content (AvgIpc) is 2.46. The summed E-state index contributed by atoms with van der Waals surface area (Å²) < 4.78 is 5.08. The summed E-state index contributed by atoms with van der Waals surface area (Å²) in [7, 11) is 0. The lowest BCUT2D eigenvalue weighted by Gasteiger charge is -2.37. The van der Waals surface area contributed by atoms with Crippen molar-refractivity contribution in [1.82, 2.24) is 0 Å². The lowest BCUT2D eigenvalue weighted by molar-refractivity contribution is -0.144. The molecule has 4 heteroatoms. The Balaban J connectivity index is 2.05. The molecule has 0 aliphatic carbocycles. The van der Waals surface area contributed by atoms with Crippen LogP contribution in [0.4, 0.5) is 5.69 Å². The van der Waals surface area contributed by atoms with E-state index in [-0.39, 0.29) is 23.3 Å². The van der Waals surface area contributed by atoms with Gasteiger partial charge in [0.05, 0.1) is 13.0 Å². The Morgan fingerprint density at radius 2 is 1.91 bits per heavy atom. The number of ether oxygens (including phenoxy) is 1. The maximum absolute atomic E-state index is 11.7. The minimum Gasteiger partial charge on any atom is -0.466 e. The number of carbonyl (C=O) groups excluding carboxylic acids is 1. The van der Waals surface area contributed by atoms with Crippen LogP contribution in [0.1, 0.15) is 46.1 Å². The van der Waals surface area contributed by atoms with Gasteiger partial charge in [-0.25, -0.2) is 0 Å². The second-order valence-corrected chi connectivity index (χ2v) is 7.57. The van der Waals surface area contributed by atoms with Gasteiger partial charge in [-0.05, 0) is 42.4 Å². The third-order valence-electron chi connectivity index (χ3n) is 4.43. The van der Waals surface area contributed by atoms with Gasteiger partial charge in [-0.2, -0.15) is 0 Å². The molecule has 0 saturated carbocycles. The van der Waals surface area contributed by atoms with Crippen LogP contribution in [-0.2, 0) is 14.9 Å². The van der Waals surface area contributed by atoms with Crippen molar-refractivity contribution in [2.45, 2.75) is 52.0 Å². The van der Waals surface area contributed by atoms with Crippen LogP contribution in [-0.4, -0.2) is 31.7 Å². The highest BCUT2D eigenvalue weighted by atomic mass is 16.5. The van der Waals surface area contributed by atoms with Gasteiger partial charge in [0.15, 0.2) is 0 Å². The molecule has 2 N–H and O–H groups in total. The van der Waals surface area contributed by atoms with Crippen molar-refractivity contribution in [2.75, 3.05) is 24.6 Å². The summed E-state index contributed by atoms with van der Waals surface area (Å²) in [5, 5.41) is 0. The molecule has 2 rings (SSSR count). The molecule has 4 nitrogen and oxygen atoms in total. The van der Waals surface area contributed by atoms with Gasteiger partial charge in [0.25, 0.3) is 0 Å². The first-order chi connectivity index (χ1) is 10.8. The largest absolute Gasteiger partial charge is 0.466 e. The van der Waals surface area contributed by atoms with Crippen LogP contribution in [0.3, 0.4) is 0 Å². The monoisotopic (exact) mass is 318 g/mol. The molecule has 0 aromatic heterocycles.